The van der Waals surface area contributed by atoms with Crippen LogP contribution in [0.1, 0.15) is 32.1 Å². The summed E-state index contributed by atoms with van der Waals surface area (Å²) in [6.45, 7) is 0. The molecule has 2 nitrogen and oxygen atoms in total. The molecule has 3 aromatic rings. The lowest BCUT2D eigenvalue weighted by atomic mass is 9.90. The summed E-state index contributed by atoms with van der Waals surface area (Å²) in [6, 6.07) is 13.1. The molecule has 1 aliphatic heterocycles. The Morgan fingerprint density at radius 3 is 1.71 bits per heavy atom. The molecular weight excluding hydrogens is 332 g/mol. The average Bonchev–Trinajstić information content (AvgIpc) is 3.35. The van der Waals surface area contributed by atoms with Crippen molar-refractivity contribution in [3.05, 3.63) is 57.9 Å². The Kier molecular flexibility index (Phi) is 3.42. The molecule has 5 rings (SSSR count). The van der Waals surface area contributed by atoms with Crippen LogP contribution < -0.4 is 10.7 Å². The molecular formula is C20H18N2S2. The van der Waals surface area contributed by atoms with E-state index in [-0.39, 0.29) is 5.66 Å². The van der Waals surface area contributed by atoms with Crippen molar-refractivity contribution < 1.29 is 0 Å². The highest BCUT2D eigenvalue weighted by molar-refractivity contribution is 7.13. The average molecular weight is 351 g/mol. The van der Waals surface area contributed by atoms with Gasteiger partial charge in [-0.3, -0.25) is 9.98 Å². The fourth-order valence-electron chi connectivity index (χ4n) is 3.85. The first-order valence-corrected chi connectivity index (χ1v) is 10.3. The molecule has 3 heterocycles. The third-order valence-electron chi connectivity index (χ3n) is 5.02. The molecule has 0 unspecified atom stereocenters. The smallest absolute Gasteiger partial charge is 0.151 e. The fraction of sp³-hybridized carbons (Fsp3) is 0.300. The van der Waals surface area contributed by atoms with E-state index in [0.29, 0.717) is 0 Å². The number of rotatable bonds is 2. The lowest BCUT2D eigenvalue weighted by Gasteiger charge is -2.27. The van der Waals surface area contributed by atoms with Gasteiger partial charge in [0.05, 0.1) is 10.7 Å². The Morgan fingerprint density at radius 1 is 0.708 bits per heavy atom. The molecule has 1 saturated carbocycles. The molecule has 120 valence electrons. The zero-order valence-corrected chi connectivity index (χ0v) is 15.0. The first kappa shape index (κ1) is 14.6. The van der Waals surface area contributed by atoms with Gasteiger partial charge in [0, 0.05) is 20.9 Å². The molecule has 4 heteroatoms. The second kappa shape index (κ2) is 5.64. The Hall–Kier alpha value is -1.78. The molecule has 0 N–H and O–H groups in total. The van der Waals surface area contributed by atoms with E-state index < -0.39 is 0 Å². The van der Waals surface area contributed by atoms with Crippen molar-refractivity contribution in [2.45, 2.75) is 37.8 Å². The van der Waals surface area contributed by atoms with Crippen molar-refractivity contribution in [2.24, 2.45) is 9.98 Å². The molecule has 0 bridgehead atoms. The van der Waals surface area contributed by atoms with Gasteiger partial charge in [-0.1, -0.05) is 30.7 Å². The van der Waals surface area contributed by atoms with E-state index >= 15 is 0 Å². The monoisotopic (exact) mass is 350 g/mol. The van der Waals surface area contributed by atoms with E-state index in [0.717, 1.165) is 23.6 Å². The third-order valence-corrected chi connectivity index (χ3v) is 6.82. The summed E-state index contributed by atoms with van der Waals surface area (Å²) < 4.78 is 0. The summed E-state index contributed by atoms with van der Waals surface area (Å²) in [5.41, 5.74) is 2.29. The van der Waals surface area contributed by atoms with Gasteiger partial charge in [-0.05, 0) is 48.6 Å². The maximum atomic E-state index is 5.21. The molecule has 1 fully saturated rings. The zero-order chi connectivity index (χ0) is 16.0. The van der Waals surface area contributed by atoms with Gasteiger partial charge < -0.3 is 0 Å². The minimum absolute atomic E-state index is 0.194. The van der Waals surface area contributed by atoms with Crippen LogP contribution in [0.4, 0.5) is 0 Å². The number of fused-ring (bicyclic) bond motifs is 1. The lowest BCUT2D eigenvalue weighted by Crippen LogP contribution is -2.26. The topological polar surface area (TPSA) is 24.7 Å². The fourth-order valence-corrected chi connectivity index (χ4v) is 5.36. The molecule has 2 aliphatic rings. The molecule has 0 amide bonds. The van der Waals surface area contributed by atoms with Gasteiger partial charge in [0.15, 0.2) is 5.66 Å². The minimum atomic E-state index is -0.194. The Labute approximate surface area is 149 Å². The molecule has 1 spiro atoms. The van der Waals surface area contributed by atoms with Gasteiger partial charge in [0.2, 0.25) is 0 Å². The second-order valence-corrected chi connectivity index (χ2v) is 8.47. The number of thiophene rings is 2. The predicted octanol–water partition coefficient (Wildman–Crippen LogP) is 5.06. The molecule has 24 heavy (non-hydrogen) atoms. The quantitative estimate of drug-likeness (QED) is 0.617. The van der Waals surface area contributed by atoms with E-state index in [1.165, 1.54) is 40.1 Å². The van der Waals surface area contributed by atoms with Gasteiger partial charge in [0.1, 0.15) is 0 Å². The van der Waals surface area contributed by atoms with E-state index in [1.807, 2.05) is 0 Å². The molecule has 0 radical (unpaired) electrons. The van der Waals surface area contributed by atoms with Crippen LogP contribution in [0.2, 0.25) is 0 Å². The van der Waals surface area contributed by atoms with Gasteiger partial charge in [-0.2, -0.15) is 0 Å². The van der Waals surface area contributed by atoms with Crippen molar-refractivity contribution in [2.75, 3.05) is 0 Å². The summed E-state index contributed by atoms with van der Waals surface area (Å²) in [4.78, 5) is 13.0. The largest absolute Gasteiger partial charge is 0.253 e. The maximum absolute atomic E-state index is 5.21. The van der Waals surface area contributed by atoms with Crippen molar-refractivity contribution >= 4 is 22.7 Å². The van der Waals surface area contributed by atoms with Crippen LogP contribution in [-0.2, 0) is 0 Å². The molecule has 1 aromatic carbocycles. The molecule has 1 aliphatic carbocycles. The number of benzene rings is 1. The number of nitrogens with zero attached hydrogens (tertiary/aromatic N) is 2. The Morgan fingerprint density at radius 2 is 1.25 bits per heavy atom. The summed E-state index contributed by atoms with van der Waals surface area (Å²) in [5, 5.41) is 6.50. The van der Waals surface area contributed by atoms with Gasteiger partial charge in [-0.15, -0.1) is 22.7 Å². The van der Waals surface area contributed by atoms with Gasteiger partial charge in [0.25, 0.3) is 0 Å². The van der Waals surface area contributed by atoms with Gasteiger partial charge in [-0.25, -0.2) is 0 Å². The summed E-state index contributed by atoms with van der Waals surface area (Å²) in [7, 11) is 0. The highest BCUT2D eigenvalue weighted by Gasteiger charge is 2.34. The van der Waals surface area contributed by atoms with Crippen LogP contribution in [0.25, 0.3) is 20.9 Å². The van der Waals surface area contributed by atoms with E-state index in [4.69, 9.17) is 9.98 Å². The first-order valence-electron chi connectivity index (χ1n) is 8.55. The summed E-state index contributed by atoms with van der Waals surface area (Å²) in [5.74, 6) is 0. The highest BCUT2D eigenvalue weighted by atomic mass is 32.1. The SMILES string of the molecule is c1csc(-c2ccc(-c3cccs3)c3c2=NC2(CCCCC2)N=3)c1. The highest BCUT2D eigenvalue weighted by Crippen LogP contribution is 2.35. The van der Waals surface area contributed by atoms with Crippen molar-refractivity contribution in [3.63, 3.8) is 0 Å². The second-order valence-electron chi connectivity index (χ2n) is 6.58. The van der Waals surface area contributed by atoms with E-state index in [1.54, 1.807) is 22.7 Å². The van der Waals surface area contributed by atoms with Crippen LogP contribution in [0.15, 0.2) is 57.1 Å². The number of hydrogen-bond donors (Lipinski definition) is 0. The predicted molar refractivity (Wildman–Crippen MR) is 101 cm³/mol. The van der Waals surface area contributed by atoms with E-state index in [9.17, 15) is 0 Å². The minimum Gasteiger partial charge on any atom is -0.253 e. The third kappa shape index (κ3) is 2.28. The lowest BCUT2D eigenvalue weighted by molar-refractivity contribution is 0.309. The molecule has 0 atom stereocenters. The standard InChI is InChI=1S/C20H18N2S2/c1-2-10-20(11-3-1)21-18-14(16-6-4-12-23-16)8-9-15(19(18)22-20)17-7-5-13-24-17/h4-9,12-13H,1-3,10-11H2. The van der Waals surface area contributed by atoms with Crippen LogP contribution in [0.3, 0.4) is 0 Å². The number of hydrogen-bond acceptors (Lipinski definition) is 4. The van der Waals surface area contributed by atoms with Crippen molar-refractivity contribution in [1.29, 1.82) is 0 Å². The maximum Gasteiger partial charge on any atom is 0.151 e. The van der Waals surface area contributed by atoms with Crippen LogP contribution in [0.5, 0.6) is 0 Å². The normalized spacial score (nSPS) is 18.2. The zero-order valence-electron chi connectivity index (χ0n) is 13.4. The van der Waals surface area contributed by atoms with Crippen LogP contribution in [-0.4, -0.2) is 5.66 Å². The van der Waals surface area contributed by atoms with Crippen LogP contribution >= 0.6 is 22.7 Å². The molecule has 0 saturated heterocycles. The Balaban J connectivity index is 1.79. The van der Waals surface area contributed by atoms with Crippen molar-refractivity contribution in [1.82, 2.24) is 0 Å². The summed E-state index contributed by atoms with van der Waals surface area (Å²) >= 11 is 3.56. The summed E-state index contributed by atoms with van der Waals surface area (Å²) in [6.07, 6.45) is 5.98. The Bertz CT molecular complexity index is 904. The molecule has 2 aromatic heterocycles. The van der Waals surface area contributed by atoms with Crippen molar-refractivity contribution in [3.8, 4) is 20.9 Å². The van der Waals surface area contributed by atoms with Gasteiger partial charge >= 0.3 is 0 Å². The first-order chi connectivity index (χ1) is 11.8. The van der Waals surface area contributed by atoms with E-state index in [2.05, 4.69) is 47.2 Å². The van der Waals surface area contributed by atoms with Crippen LogP contribution in [0, 0.1) is 0 Å².